The van der Waals surface area contributed by atoms with Gasteiger partial charge in [0.05, 0.1) is 0 Å². The van der Waals surface area contributed by atoms with E-state index in [0.717, 1.165) is 51.1 Å². The molecule has 5 heteroatoms. The summed E-state index contributed by atoms with van der Waals surface area (Å²) in [5.41, 5.74) is 7.00. The lowest BCUT2D eigenvalue weighted by atomic mass is 10.1. The Labute approximate surface area is 125 Å². The van der Waals surface area contributed by atoms with E-state index in [9.17, 15) is 9.90 Å². The number of piperazine rings is 1. The molecule has 1 aromatic carbocycles. The number of nitrogens with zero attached hydrogens (tertiary/aromatic N) is 2. The first-order valence-electron chi connectivity index (χ1n) is 7.72. The Morgan fingerprint density at radius 1 is 1.10 bits per heavy atom. The summed E-state index contributed by atoms with van der Waals surface area (Å²) in [6, 6.07) is 7.45. The maximum atomic E-state index is 12.5. The highest BCUT2D eigenvalue weighted by Crippen LogP contribution is 2.27. The van der Waals surface area contributed by atoms with Crippen molar-refractivity contribution < 1.29 is 9.90 Å². The van der Waals surface area contributed by atoms with E-state index in [2.05, 4.69) is 4.90 Å². The molecular weight excluding hydrogens is 266 g/mol. The van der Waals surface area contributed by atoms with E-state index < -0.39 is 0 Å². The zero-order valence-corrected chi connectivity index (χ0v) is 12.2. The Hall–Kier alpha value is -1.75. The number of carbonyl (C=O) groups excluding carboxylic acids is 1. The minimum Gasteiger partial charge on any atom is -0.508 e. The van der Waals surface area contributed by atoms with Crippen LogP contribution in [0.25, 0.3) is 0 Å². The first-order valence-corrected chi connectivity index (χ1v) is 7.72. The van der Waals surface area contributed by atoms with Gasteiger partial charge in [-0.1, -0.05) is 0 Å². The monoisotopic (exact) mass is 289 g/mol. The fourth-order valence-corrected chi connectivity index (χ4v) is 3.35. The van der Waals surface area contributed by atoms with Crippen LogP contribution in [-0.2, 0) is 4.79 Å². The van der Waals surface area contributed by atoms with E-state index in [1.807, 2.05) is 17.0 Å². The zero-order valence-electron chi connectivity index (χ0n) is 12.2. The quantitative estimate of drug-likeness (QED) is 0.857. The molecule has 1 heterocycles. The third-order valence-electron chi connectivity index (χ3n) is 4.63. The van der Waals surface area contributed by atoms with E-state index in [0.29, 0.717) is 0 Å². The molecule has 2 fully saturated rings. The molecule has 2 aliphatic rings. The van der Waals surface area contributed by atoms with Gasteiger partial charge in [0.15, 0.2) is 0 Å². The van der Waals surface area contributed by atoms with Crippen LogP contribution in [0.15, 0.2) is 24.3 Å². The molecule has 1 amide bonds. The molecule has 1 saturated carbocycles. The van der Waals surface area contributed by atoms with E-state index in [-0.39, 0.29) is 23.6 Å². The number of hydrogen-bond acceptors (Lipinski definition) is 4. The van der Waals surface area contributed by atoms with Crippen molar-refractivity contribution >= 4 is 11.6 Å². The third-order valence-corrected chi connectivity index (χ3v) is 4.63. The molecule has 0 spiro atoms. The van der Waals surface area contributed by atoms with Crippen molar-refractivity contribution in [1.29, 1.82) is 0 Å². The van der Waals surface area contributed by atoms with Gasteiger partial charge in [-0.05, 0) is 43.5 Å². The fraction of sp³-hybridized carbons (Fsp3) is 0.562. The van der Waals surface area contributed by atoms with E-state index in [4.69, 9.17) is 5.73 Å². The second kappa shape index (κ2) is 5.93. The van der Waals surface area contributed by atoms with Gasteiger partial charge in [-0.2, -0.15) is 0 Å². The SMILES string of the molecule is N[C@H]1CC[C@H](C(=O)N2CCN(c3ccc(O)cc3)CC2)C1. The van der Waals surface area contributed by atoms with Crippen molar-refractivity contribution in [3.05, 3.63) is 24.3 Å². The van der Waals surface area contributed by atoms with Crippen LogP contribution in [0.3, 0.4) is 0 Å². The van der Waals surface area contributed by atoms with E-state index in [1.54, 1.807) is 12.1 Å². The van der Waals surface area contributed by atoms with Gasteiger partial charge in [0.1, 0.15) is 5.75 Å². The number of hydrogen-bond donors (Lipinski definition) is 2. The lowest BCUT2D eigenvalue weighted by Gasteiger charge is -2.37. The highest BCUT2D eigenvalue weighted by molar-refractivity contribution is 5.79. The Bertz CT molecular complexity index is 495. The molecule has 3 N–H and O–H groups in total. The second-order valence-electron chi connectivity index (χ2n) is 6.10. The molecule has 0 aromatic heterocycles. The number of nitrogens with two attached hydrogens (primary N) is 1. The van der Waals surface area contributed by atoms with Crippen molar-refractivity contribution in [2.24, 2.45) is 11.7 Å². The van der Waals surface area contributed by atoms with E-state index >= 15 is 0 Å². The maximum Gasteiger partial charge on any atom is 0.225 e. The summed E-state index contributed by atoms with van der Waals surface area (Å²) in [7, 11) is 0. The highest BCUT2D eigenvalue weighted by atomic mass is 16.3. The Kier molecular flexibility index (Phi) is 4.01. The first kappa shape index (κ1) is 14.2. The number of anilines is 1. The number of phenolic OH excluding ortho intramolecular Hbond substituents is 1. The molecule has 0 radical (unpaired) electrons. The van der Waals surface area contributed by atoms with Crippen molar-refractivity contribution in [2.75, 3.05) is 31.1 Å². The molecule has 21 heavy (non-hydrogen) atoms. The van der Waals surface area contributed by atoms with Crippen LogP contribution in [0.4, 0.5) is 5.69 Å². The number of rotatable bonds is 2. The van der Waals surface area contributed by atoms with Crippen LogP contribution >= 0.6 is 0 Å². The smallest absolute Gasteiger partial charge is 0.225 e. The number of aromatic hydroxyl groups is 1. The van der Waals surface area contributed by atoms with Crippen LogP contribution in [0.5, 0.6) is 5.75 Å². The normalized spacial score (nSPS) is 26.1. The van der Waals surface area contributed by atoms with Gasteiger partial charge in [-0.3, -0.25) is 4.79 Å². The van der Waals surface area contributed by atoms with Crippen LogP contribution in [0.1, 0.15) is 19.3 Å². The van der Waals surface area contributed by atoms with Crippen molar-refractivity contribution in [2.45, 2.75) is 25.3 Å². The summed E-state index contributed by atoms with van der Waals surface area (Å²) >= 11 is 0. The lowest BCUT2D eigenvalue weighted by Crippen LogP contribution is -2.50. The van der Waals surface area contributed by atoms with Gasteiger partial charge in [0, 0.05) is 43.8 Å². The van der Waals surface area contributed by atoms with Gasteiger partial charge >= 0.3 is 0 Å². The molecule has 2 atom stereocenters. The third kappa shape index (κ3) is 3.13. The largest absolute Gasteiger partial charge is 0.508 e. The minimum absolute atomic E-state index is 0.139. The average Bonchev–Trinajstić information content (AvgIpc) is 2.94. The summed E-state index contributed by atoms with van der Waals surface area (Å²) in [4.78, 5) is 16.7. The van der Waals surface area contributed by atoms with Gasteiger partial charge in [-0.25, -0.2) is 0 Å². The Morgan fingerprint density at radius 2 is 1.76 bits per heavy atom. The minimum atomic E-state index is 0.139. The summed E-state index contributed by atoms with van der Waals surface area (Å²) < 4.78 is 0. The topological polar surface area (TPSA) is 69.8 Å². The molecular formula is C16H23N3O2. The van der Waals surface area contributed by atoms with Gasteiger partial charge in [0.25, 0.3) is 0 Å². The standard InChI is InChI=1S/C16H23N3O2/c17-13-2-1-12(11-13)16(21)19-9-7-18(8-10-19)14-3-5-15(20)6-4-14/h3-6,12-13,20H,1-2,7-11,17H2/t12-,13-/m0/s1. The molecule has 114 valence electrons. The first-order chi connectivity index (χ1) is 10.1. The molecule has 1 aromatic rings. The molecule has 1 aliphatic heterocycles. The number of amides is 1. The summed E-state index contributed by atoms with van der Waals surface area (Å²) in [6.07, 6.45) is 2.76. The predicted molar refractivity (Wildman–Crippen MR) is 82.2 cm³/mol. The number of phenols is 1. The Morgan fingerprint density at radius 3 is 2.33 bits per heavy atom. The van der Waals surface area contributed by atoms with Gasteiger partial charge in [0.2, 0.25) is 5.91 Å². The van der Waals surface area contributed by atoms with Crippen molar-refractivity contribution in [3.63, 3.8) is 0 Å². The van der Waals surface area contributed by atoms with Crippen LogP contribution in [0, 0.1) is 5.92 Å². The average molecular weight is 289 g/mol. The maximum absolute atomic E-state index is 12.5. The predicted octanol–water partition coefficient (Wildman–Crippen LogP) is 1.17. The molecule has 0 bridgehead atoms. The van der Waals surface area contributed by atoms with Gasteiger partial charge < -0.3 is 20.6 Å². The highest BCUT2D eigenvalue weighted by Gasteiger charge is 2.32. The van der Waals surface area contributed by atoms with Crippen LogP contribution in [0.2, 0.25) is 0 Å². The summed E-state index contributed by atoms with van der Waals surface area (Å²) in [5, 5.41) is 9.33. The fourth-order valence-electron chi connectivity index (χ4n) is 3.35. The molecule has 3 rings (SSSR count). The molecule has 5 nitrogen and oxygen atoms in total. The zero-order chi connectivity index (χ0) is 14.8. The summed E-state index contributed by atoms with van der Waals surface area (Å²) in [5.74, 6) is 0.707. The van der Waals surface area contributed by atoms with Crippen molar-refractivity contribution in [1.82, 2.24) is 4.90 Å². The second-order valence-corrected chi connectivity index (χ2v) is 6.10. The summed E-state index contributed by atoms with van der Waals surface area (Å²) in [6.45, 7) is 3.22. The molecule has 1 saturated heterocycles. The molecule has 1 aliphatic carbocycles. The number of carbonyl (C=O) groups is 1. The van der Waals surface area contributed by atoms with Gasteiger partial charge in [-0.15, -0.1) is 0 Å². The lowest BCUT2D eigenvalue weighted by molar-refractivity contribution is -0.135. The Balaban J connectivity index is 1.55. The molecule has 0 unspecified atom stereocenters. The van der Waals surface area contributed by atoms with E-state index in [1.165, 1.54) is 0 Å². The van der Waals surface area contributed by atoms with Crippen LogP contribution in [-0.4, -0.2) is 48.1 Å². The van der Waals surface area contributed by atoms with Crippen LogP contribution < -0.4 is 10.6 Å². The van der Waals surface area contributed by atoms with Crippen molar-refractivity contribution in [3.8, 4) is 5.75 Å². The number of benzene rings is 1.